The minimum Gasteiger partial charge on any atom is -0.497 e. The highest BCUT2D eigenvalue weighted by atomic mass is 32.1. The van der Waals surface area contributed by atoms with Crippen LogP contribution in [-0.2, 0) is 9.53 Å². The van der Waals surface area contributed by atoms with E-state index < -0.39 is 12.0 Å². The van der Waals surface area contributed by atoms with Crippen molar-refractivity contribution in [3.8, 4) is 5.75 Å². The minimum atomic E-state index is -0.678. The number of rotatable bonds is 6. The van der Waals surface area contributed by atoms with Crippen LogP contribution in [0.1, 0.15) is 38.1 Å². The lowest BCUT2D eigenvalue weighted by atomic mass is 9.96. The van der Waals surface area contributed by atoms with E-state index in [1.54, 1.807) is 38.5 Å². The molecule has 0 spiro atoms. The predicted octanol–water partition coefficient (Wildman–Crippen LogP) is 2.54. The zero-order valence-electron chi connectivity index (χ0n) is 22.3. The molecule has 0 aliphatic carbocycles. The lowest BCUT2D eigenvalue weighted by Gasteiger charge is -2.32. The number of fused-ring (bicyclic) bond motifs is 1. The van der Waals surface area contributed by atoms with Crippen LogP contribution in [0.25, 0.3) is 6.08 Å². The van der Waals surface area contributed by atoms with E-state index in [1.807, 2.05) is 36.4 Å². The van der Waals surface area contributed by atoms with Gasteiger partial charge in [-0.3, -0.25) is 9.36 Å². The summed E-state index contributed by atoms with van der Waals surface area (Å²) in [5.41, 5.74) is 1.39. The lowest BCUT2D eigenvalue weighted by Crippen LogP contribution is -2.44. The number of ether oxygens (including phenoxy) is 2. The highest BCUT2D eigenvalue weighted by Gasteiger charge is 2.34. The van der Waals surface area contributed by atoms with Crippen molar-refractivity contribution in [2.75, 3.05) is 45.2 Å². The Morgan fingerprint density at radius 2 is 1.84 bits per heavy atom. The van der Waals surface area contributed by atoms with Gasteiger partial charge in [0, 0.05) is 38.3 Å². The van der Waals surface area contributed by atoms with E-state index in [9.17, 15) is 9.59 Å². The summed E-state index contributed by atoms with van der Waals surface area (Å²) >= 11 is 1.28. The van der Waals surface area contributed by atoms with Gasteiger partial charge in [0.1, 0.15) is 11.5 Å². The molecule has 1 fully saturated rings. The van der Waals surface area contributed by atoms with Crippen LogP contribution in [0.5, 0.6) is 5.75 Å². The van der Waals surface area contributed by atoms with Gasteiger partial charge in [0.25, 0.3) is 5.56 Å². The molecule has 38 heavy (non-hydrogen) atoms. The Balaban J connectivity index is 1.57. The molecule has 0 amide bonds. The number of esters is 1. The van der Waals surface area contributed by atoms with Crippen molar-refractivity contribution in [3.63, 3.8) is 0 Å². The molecule has 1 saturated heterocycles. The molecule has 1 unspecified atom stereocenters. The second kappa shape index (κ2) is 10.6. The fourth-order valence-electron chi connectivity index (χ4n) is 4.71. The van der Waals surface area contributed by atoms with E-state index >= 15 is 0 Å². The standard InChI is InChI=1S/C28H32N4O5S/c1-17(2)36-27(34)24-18(3)29-28-32(25(24)19-6-8-20(35-5)9-7-19)26(33)22(38-28)16-21-10-11-23(37-21)31-14-12-30(4)13-15-31/h6-11,16-17,25H,12-15H2,1-5H3/b22-16-. The molecule has 0 N–H and O–H groups in total. The molecule has 3 aromatic rings. The molecule has 4 heterocycles. The van der Waals surface area contributed by atoms with Crippen LogP contribution < -0.4 is 24.5 Å². The van der Waals surface area contributed by atoms with E-state index in [0.29, 0.717) is 32.1 Å². The van der Waals surface area contributed by atoms with Crippen molar-refractivity contribution in [1.82, 2.24) is 9.47 Å². The summed E-state index contributed by atoms with van der Waals surface area (Å²) in [6.07, 6.45) is 1.44. The molecule has 1 atom stereocenters. The van der Waals surface area contributed by atoms with Crippen molar-refractivity contribution in [1.29, 1.82) is 0 Å². The highest BCUT2D eigenvalue weighted by molar-refractivity contribution is 7.07. The first-order valence-corrected chi connectivity index (χ1v) is 13.5. The van der Waals surface area contributed by atoms with Gasteiger partial charge in [0.2, 0.25) is 0 Å². The topological polar surface area (TPSA) is 89.5 Å². The molecule has 9 nitrogen and oxygen atoms in total. The first kappa shape index (κ1) is 26.0. The molecule has 200 valence electrons. The number of allylic oxidation sites excluding steroid dienone is 1. The summed E-state index contributed by atoms with van der Waals surface area (Å²) in [6, 6.07) is 10.5. The van der Waals surface area contributed by atoms with Gasteiger partial charge in [-0.1, -0.05) is 23.5 Å². The summed E-state index contributed by atoms with van der Waals surface area (Å²) in [5.74, 6) is 1.59. The number of methoxy groups -OCH3 is 1. The Labute approximate surface area is 224 Å². The van der Waals surface area contributed by atoms with E-state index in [-0.39, 0.29) is 11.7 Å². The maximum atomic E-state index is 13.8. The summed E-state index contributed by atoms with van der Waals surface area (Å²) in [6.45, 7) is 9.10. The van der Waals surface area contributed by atoms with Gasteiger partial charge in [-0.2, -0.15) is 0 Å². The summed E-state index contributed by atoms with van der Waals surface area (Å²) in [4.78, 5) is 36.7. The highest BCUT2D eigenvalue weighted by Crippen LogP contribution is 2.32. The third kappa shape index (κ3) is 5.06. The zero-order chi connectivity index (χ0) is 27.0. The summed E-state index contributed by atoms with van der Waals surface area (Å²) < 4.78 is 19.0. The maximum absolute atomic E-state index is 13.8. The number of nitrogens with zero attached hydrogens (tertiary/aromatic N) is 4. The molecule has 1 aromatic carbocycles. The van der Waals surface area contributed by atoms with Gasteiger partial charge in [-0.15, -0.1) is 0 Å². The molecule has 2 aliphatic rings. The molecule has 2 aromatic heterocycles. The Morgan fingerprint density at radius 1 is 1.13 bits per heavy atom. The van der Waals surface area contributed by atoms with E-state index in [4.69, 9.17) is 13.9 Å². The number of piperazine rings is 1. The van der Waals surface area contributed by atoms with Gasteiger partial charge < -0.3 is 23.7 Å². The molecular weight excluding hydrogens is 504 g/mol. The van der Waals surface area contributed by atoms with Crippen molar-refractivity contribution < 1.29 is 18.7 Å². The predicted molar refractivity (Wildman–Crippen MR) is 146 cm³/mol. The molecule has 2 aliphatic heterocycles. The fourth-order valence-corrected chi connectivity index (χ4v) is 5.73. The van der Waals surface area contributed by atoms with Gasteiger partial charge >= 0.3 is 5.97 Å². The molecular formula is C28H32N4O5S. The fraction of sp³-hybridized carbons (Fsp3) is 0.393. The van der Waals surface area contributed by atoms with Crippen LogP contribution >= 0.6 is 11.3 Å². The smallest absolute Gasteiger partial charge is 0.338 e. The molecule has 5 rings (SSSR count). The molecule has 0 bridgehead atoms. The second-order valence-electron chi connectivity index (χ2n) is 9.78. The monoisotopic (exact) mass is 536 g/mol. The van der Waals surface area contributed by atoms with Crippen molar-refractivity contribution >= 4 is 29.3 Å². The van der Waals surface area contributed by atoms with Crippen molar-refractivity contribution in [2.24, 2.45) is 4.99 Å². The first-order valence-electron chi connectivity index (χ1n) is 12.7. The SMILES string of the molecule is COc1ccc(C2C(C(=O)OC(C)C)=C(C)N=c3s/c(=C\c4ccc(N5CCN(C)CC5)o4)c(=O)n32)cc1. The first-order chi connectivity index (χ1) is 18.2. The number of thiazole rings is 1. The van der Waals surface area contributed by atoms with Crippen LogP contribution in [0.2, 0.25) is 0 Å². The Hall–Kier alpha value is -3.63. The van der Waals surface area contributed by atoms with E-state index in [0.717, 1.165) is 37.6 Å². The number of benzene rings is 1. The Morgan fingerprint density at radius 3 is 2.50 bits per heavy atom. The number of furan rings is 1. The minimum absolute atomic E-state index is 0.241. The van der Waals surface area contributed by atoms with Crippen LogP contribution in [-0.4, -0.2) is 61.9 Å². The summed E-state index contributed by atoms with van der Waals surface area (Å²) in [7, 11) is 3.71. The number of hydrogen-bond donors (Lipinski definition) is 0. The third-order valence-electron chi connectivity index (χ3n) is 6.72. The third-order valence-corrected chi connectivity index (χ3v) is 7.70. The number of hydrogen-bond acceptors (Lipinski definition) is 9. The number of carbonyl (C=O) groups is 1. The number of carbonyl (C=O) groups excluding carboxylic acids is 1. The number of aromatic nitrogens is 1. The Kier molecular flexibility index (Phi) is 7.27. The number of likely N-dealkylation sites (N-methyl/N-ethyl adjacent to an activating group) is 1. The average Bonchev–Trinajstić information content (AvgIpc) is 3.47. The van der Waals surface area contributed by atoms with Crippen molar-refractivity contribution in [2.45, 2.75) is 32.9 Å². The summed E-state index contributed by atoms with van der Waals surface area (Å²) in [5, 5.41) is 0. The van der Waals surface area contributed by atoms with Gasteiger partial charge in [0.15, 0.2) is 10.7 Å². The molecule has 0 radical (unpaired) electrons. The lowest BCUT2D eigenvalue weighted by molar-refractivity contribution is -0.143. The van der Waals surface area contributed by atoms with E-state index in [1.165, 1.54) is 11.3 Å². The second-order valence-corrected chi connectivity index (χ2v) is 10.8. The van der Waals surface area contributed by atoms with Gasteiger partial charge in [0.05, 0.1) is 35.1 Å². The molecule has 10 heteroatoms. The Bertz CT molecular complexity index is 1540. The van der Waals surface area contributed by atoms with Gasteiger partial charge in [-0.05, 0) is 51.6 Å². The quantitative estimate of drug-likeness (QED) is 0.448. The van der Waals surface area contributed by atoms with Gasteiger partial charge in [-0.25, -0.2) is 9.79 Å². The van der Waals surface area contributed by atoms with E-state index in [2.05, 4.69) is 21.8 Å². The van der Waals surface area contributed by atoms with Crippen molar-refractivity contribution in [3.05, 3.63) is 78.7 Å². The largest absolute Gasteiger partial charge is 0.497 e. The maximum Gasteiger partial charge on any atom is 0.338 e. The average molecular weight is 537 g/mol. The normalized spacial score (nSPS) is 18.5. The van der Waals surface area contributed by atoms with Crippen LogP contribution in [0.3, 0.4) is 0 Å². The molecule has 0 saturated carbocycles. The van der Waals surface area contributed by atoms with Crippen LogP contribution in [0, 0.1) is 0 Å². The zero-order valence-corrected chi connectivity index (χ0v) is 23.1. The number of anilines is 1. The van der Waals surface area contributed by atoms with Crippen LogP contribution in [0.15, 0.2) is 61.9 Å². The van der Waals surface area contributed by atoms with Crippen LogP contribution in [0.4, 0.5) is 5.88 Å².